The van der Waals surface area contributed by atoms with E-state index in [9.17, 15) is 9.59 Å². The Labute approximate surface area is 139 Å². The van der Waals surface area contributed by atoms with Crippen molar-refractivity contribution in [2.45, 2.75) is 20.0 Å². The van der Waals surface area contributed by atoms with Crippen LogP contribution in [0.3, 0.4) is 0 Å². The van der Waals surface area contributed by atoms with E-state index in [0.29, 0.717) is 22.1 Å². The summed E-state index contributed by atoms with van der Waals surface area (Å²) in [4.78, 5) is 23.4. The summed E-state index contributed by atoms with van der Waals surface area (Å²) in [7, 11) is 0. The van der Waals surface area contributed by atoms with Crippen LogP contribution in [-0.4, -0.2) is 17.9 Å². The summed E-state index contributed by atoms with van der Waals surface area (Å²) in [6.45, 7) is 3.04. The number of hydrogen-bond acceptors (Lipinski definition) is 3. The number of ether oxygens (including phenoxy) is 1. The molecule has 0 fully saturated rings. The van der Waals surface area contributed by atoms with Crippen LogP contribution in [0.2, 0.25) is 5.02 Å². The van der Waals surface area contributed by atoms with Gasteiger partial charge in [0, 0.05) is 17.6 Å². The third kappa shape index (κ3) is 5.00. The Balaban J connectivity index is 2.03. The molecule has 5 nitrogen and oxygen atoms in total. The minimum Gasteiger partial charge on any atom is -0.479 e. The molecule has 2 aromatic carbocycles. The van der Waals surface area contributed by atoms with E-state index >= 15 is 0 Å². The summed E-state index contributed by atoms with van der Waals surface area (Å²) in [5.74, 6) is -0.0780. The van der Waals surface area contributed by atoms with E-state index in [1.807, 2.05) is 0 Å². The van der Waals surface area contributed by atoms with Crippen LogP contribution < -0.4 is 15.4 Å². The number of amides is 2. The van der Waals surface area contributed by atoms with E-state index in [0.717, 1.165) is 0 Å². The zero-order valence-corrected chi connectivity index (χ0v) is 13.6. The first kappa shape index (κ1) is 16.8. The molecule has 0 heterocycles. The van der Waals surface area contributed by atoms with Crippen molar-refractivity contribution in [3.63, 3.8) is 0 Å². The normalized spacial score (nSPS) is 11.4. The lowest BCUT2D eigenvalue weighted by molar-refractivity contribution is -0.122. The standard InChI is InChI=1S/C17H17ClN2O3/c1-11(17(22)20-14-9-7-13(18)8-10-14)23-16-6-4-3-5-15(16)19-12(2)21/h3-11H,1-2H3,(H,19,21)(H,20,22)/t11-/m1/s1. The largest absolute Gasteiger partial charge is 0.479 e. The highest BCUT2D eigenvalue weighted by Gasteiger charge is 2.16. The molecule has 120 valence electrons. The summed E-state index contributed by atoms with van der Waals surface area (Å²) in [5.41, 5.74) is 1.15. The molecule has 0 radical (unpaired) electrons. The van der Waals surface area contributed by atoms with Gasteiger partial charge in [-0.1, -0.05) is 23.7 Å². The molecule has 6 heteroatoms. The predicted octanol–water partition coefficient (Wildman–Crippen LogP) is 3.70. The lowest BCUT2D eigenvalue weighted by Gasteiger charge is -2.17. The van der Waals surface area contributed by atoms with Gasteiger partial charge in [0.05, 0.1) is 5.69 Å². The molecule has 0 aliphatic carbocycles. The molecular weight excluding hydrogens is 316 g/mol. The maximum Gasteiger partial charge on any atom is 0.265 e. The zero-order chi connectivity index (χ0) is 16.8. The summed E-state index contributed by atoms with van der Waals surface area (Å²) in [6, 6.07) is 13.7. The van der Waals surface area contributed by atoms with Gasteiger partial charge < -0.3 is 15.4 Å². The van der Waals surface area contributed by atoms with Crippen molar-refractivity contribution in [1.29, 1.82) is 0 Å². The molecule has 0 unspecified atom stereocenters. The van der Waals surface area contributed by atoms with Crippen molar-refractivity contribution < 1.29 is 14.3 Å². The van der Waals surface area contributed by atoms with E-state index in [-0.39, 0.29) is 11.8 Å². The average Bonchev–Trinajstić information content (AvgIpc) is 2.51. The van der Waals surface area contributed by atoms with Crippen molar-refractivity contribution in [1.82, 2.24) is 0 Å². The molecule has 0 aliphatic rings. The maximum absolute atomic E-state index is 12.2. The molecule has 2 amide bonds. The number of hydrogen-bond donors (Lipinski definition) is 2. The van der Waals surface area contributed by atoms with Gasteiger partial charge in [-0.25, -0.2) is 0 Å². The molecule has 0 aliphatic heterocycles. The van der Waals surface area contributed by atoms with Gasteiger partial charge in [0.15, 0.2) is 6.10 Å². The smallest absolute Gasteiger partial charge is 0.265 e. The first-order chi connectivity index (χ1) is 11.0. The Hall–Kier alpha value is -2.53. The molecule has 2 N–H and O–H groups in total. The molecule has 0 saturated carbocycles. The van der Waals surface area contributed by atoms with Gasteiger partial charge in [-0.15, -0.1) is 0 Å². The Kier molecular flexibility index (Phi) is 5.60. The lowest BCUT2D eigenvalue weighted by Crippen LogP contribution is -2.30. The third-order valence-corrected chi connectivity index (χ3v) is 3.23. The SMILES string of the molecule is CC(=O)Nc1ccccc1O[C@H](C)C(=O)Nc1ccc(Cl)cc1. The van der Waals surface area contributed by atoms with Gasteiger partial charge in [-0.3, -0.25) is 9.59 Å². The van der Waals surface area contributed by atoms with Crippen LogP contribution in [0.4, 0.5) is 11.4 Å². The molecule has 1 atom stereocenters. The minimum absolute atomic E-state index is 0.209. The fraction of sp³-hybridized carbons (Fsp3) is 0.176. The van der Waals surface area contributed by atoms with E-state index in [1.165, 1.54) is 6.92 Å². The number of benzene rings is 2. The van der Waals surface area contributed by atoms with Crippen LogP contribution in [0.5, 0.6) is 5.75 Å². The summed E-state index contributed by atoms with van der Waals surface area (Å²) in [5, 5.41) is 6.00. The van der Waals surface area contributed by atoms with Gasteiger partial charge in [-0.05, 0) is 43.3 Å². The molecule has 2 rings (SSSR count). The second-order valence-electron chi connectivity index (χ2n) is 4.93. The van der Waals surface area contributed by atoms with Gasteiger partial charge in [-0.2, -0.15) is 0 Å². The van der Waals surface area contributed by atoms with Crippen LogP contribution in [-0.2, 0) is 9.59 Å². The van der Waals surface area contributed by atoms with Crippen LogP contribution in [0.1, 0.15) is 13.8 Å². The Bertz CT molecular complexity index is 701. The van der Waals surface area contributed by atoms with Crippen molar-refractivity contribution in [3.8, 4) is 5.75 Å². The highest BCUT2D eigenvalue weighted by Crippen LogP contribution is 2.25. The van der Waals surface area contributed by atoms with Crippen molar-refractivity contribution in [2.24, 2.45) is 0 Å². The second-order valence-corrected chi connectivity index (χ2v) is 5.37. The number of anilines is 2. The van der Waals surface area contributed by atoms with E-state index in [4.69, 9.17) is 16.3 Å². The molecule has 0 bridgehead atoms. The average molecular weight is 333 g/mol. The van der Waals surface area contributed by atoms with Gasteiger partial charge in [0.1, 0.15) is 5.75 Å². The molecule has 0 spiro atoms. The number of carbonyl (C=O) groups excluding carboxylic acids is 2. The summed E-state index contributed by atoms with van der Waals surface area (Å²) < 4.78 is 5.65. The van der Waals surface area contributed by atoms with Gasteiger partial charge in [0.2, 0.25) is 5.91 Å². The molecule has 23 heavy (non-hydrogen) atoms. The fourth-order valence-electron chi connectivity index (χ4n) is 1.88. The molecule has 0 saturated heterocycles. The third-order valence-electron chi connectivity index (χ3n) is 2.98. The van der Waals surface area contributed by atoms with Gasteiger partial charge in [0.25, 0.3) is 5.91 Å². The Morgan fingerprint density at radius 1 is 1.04 bits per heavy atom. The number of nitrogens with one attached hydrogen (secondary N) is 2. The lowest BCUT2D eigenvalue weighted by atomic mass is 10.2. The molecule has 2 aromatic rings. The van der Waals surface area contributed by atoms with Crippen LogP contribution >= 0.6 is 11.6 Å². The minimum atomic E-state index is -0.736. The van der Waals surface area contributed by atoms with E-state index in [1.54, 1.807) is 55.5 Å². The highest BCUT2D eigenvalue weighted by molar-refractivity contribution is 6.30. The zero-order valence-electron chi connectivity index (χ0n) is 12.8. The maximum atomic E-state index is 12.2. The van der Waals surface area contributed by atoms with Crippen molar-refractivity contribution in [3.05, 3.63) is 53.6 Å². The second kappa shape index (κ2) is 7.65. The number of halogens is 1. The van der Waals surface area contributed by atoms with Gasteiger partial charge >= 0.3 is 0 Å². The van der Waals surface area contributed by atoms with E-state index in [2.05, 4.69) is 10.6 Å². The van der Waals surface area contributed by atoms with E-state index < -0.39 is 6.10 Å². The van der Waals surface area contributed by atoms with Crippen molar-refractivity contribution in [2.75, 3.05) is 10.6 Å². The predicted molar refractivity (Wildman–Crippen MR) is 90.9 cm³/mol. The van der Waals surface area contributed by atoms with Crippen LogP contribution in [0.15, 0.2) is 48.5 Å². The summed E-state index contributed by atoms with van der Waals surface area (Å²) >= 11 is 5.81. The first-order valence-corrected chi connectivity index (χ1v) is 7.43. The topological polar surface area (TPSA) is 67.4 Å². The summed E-state index contributed by atoms with van der Waals surface area (Å²) in [6.07, 6.45) is -0.736. The fourth-order valence-corrected chi connectivity index (χ4v) is 2.01. The Morgan fingerprint density at radius 2 is 1.70 bits per heavy atom. The van der Waals surface area contributed by atoms with Crippen LogP contribution in [0, 0.1) is 0 Å². The number of carbonyl (C=O) groups is 2. The Morgan fingerprint density at radius 3 is 2.35 bits per heavy atom. The van der Waals surface area contributed by atoms with Crippen LogP contribution in [0.25, 0.3) is 0 Å². The quantitative estimate of drug-likeness (QED) is 0.877. The molecular formula is C17H17ClN2O3. The molecule has 0 aromatic heterocycles. The monoisotopic (exact) mass is 332 g/mol. The highest BCUT2D eigenvalue weighted by atomic mass is 35.5. The van der Waals surface area contributed by atoms with Crippen molar-refractivity contribution >= 4 is 34.8 Å². The number of para-hydroxylation sites is 2. The number of rotatable bonds is 5. The first-order valence-electron chi connectivity index (χ1n) is 7.05.